The predicted molar refractivity (Wildman–Crippen MR) is 125 cm³/mol. The molecule has 0 spiro atoms. The zero-order valence-corrected chi connectivity index (χ0v) is 19.8. The van der Waals surface area contributed by atoms with E-state index in [0.717, 1.165) is 6.07 Å². The maximum Gasteiger partial charge on any atom is 0.433 e. The summed E-state index contributed by atoms with van der Waals surface area (Å²) >= 11 is 6.09. The molecule has 2 N–H and O–H groups in total. The van der Waals surface area contributed by atoms with Crippen LogP contribution in [0.25, 0.3) is 10.9 Å². The fraction of sp³-hybridized carbons (Fsp3) is 0.391. The van der Waals surface area contributed by atoms with Crippen molar-refractivity contribution in [3.8, 4) is 0 Å². The van der Waals surface area contributed by atoms with E-state index in [4.69, 9.17) is 11.6 Å². The molecule has 0 radical (unpaired) electrons. The van der Waals surface area contributed by atoms with E-state index in [2.05, 4.69) is 20.7 Å². The SMILES string of the molecule is CCn1cc(C(=O)N[C@H]2C[C@@H](Nc3cc(C(F)(F)F)nc4ccc(Cl)cc34)CN(C(C)=O)C2)cn1. The molecule has 3 aromatic rings. The molecule has 35 heavy (non-hydrogen) atoms. The number of amides is 2. The molecule has 12 heteroatoms. The lowest BCUT2D eigenvalue weighted by molar-refractivity contribution is -0.140. The van der Waals surface area contributed by atoms with Gasteiger partial charge in [0, 0.05) is 60.9 Å². The third kappa shape index (κ3) is 5.67. The van der Waals surface area contributed by atoms with Crippen LogP contribution < -0.4 is 10.6 Å². The summed E-state index contributed by atoms with van der Waals surface area (Å²) in [4.78, 5) is 30.2. The average molecular weight is 509 g/mol. The summed E-state index contributed by atoms with van der Waals surface area (Å²) in [5.74, 6) is -0.535. The average Bonchev–Trinajstić information content (AvgIpc) is 3.28. The zero-order chi connectivity index (χ0) is 25.3. The number of nitrogens with one attached hydrogen (secondary N) is 2. The Bertz CT molecular complexity index is 1260. The Morgan fingerprint density at radius 1 is 1.20 bits per heavy atom. The molecule has 0 aliphatic carbocycles. The van der Waals surface area contributed by atoms with E-state index in [1.807, 2.05) is 6.92 Å². The molecule has 1 aliphatic heterocycles. The normalized spacial score (nSPS) is 18.5. The second-order valence-electron chi connectivity index (χ2n) is 8.47. The summed E-state index contributed by atoms with van der Waals surface area (Å²) in [5, 5.41) is 10.9. The van der Waals surface area contributed by atoms with Crippen molar-refractivity contribution >= 4 is 40.0 Å². The first-order valence-corrected chi connectivity index (χ1v) is 11.4. The number of rotatable bonds is 5. The minimum Gasteiger partial charge on any atom is -0.380 e. The van der Waals surface area contributed by atoms with Gasteiger partial charge in [0.1, 0.15) is 5.69 Å². The van der Waals surface area contributed by atoms with Crippen LogP contribution in [0.3, 0.4) is 0 Å². The number of piperidine rings is 1. The molecule has 186 valence electrons. The van der Waals surface area contributed by atoms with Crippen molar-refractivity contribution in [2.24, 2.45) is 0 Å². The number of pyridine rings is 1. The summed E-state index contributed by atoms with van der Waals surface area (Å²) in [5.41, 5.74) is -0.300. The number of benzene rings is 1. The summed E-state index contributed by atoms with van der Waals surface area (Å²) in [6, 6.07) is 4.55. The van der Waals surface area contributed by atoms with Crippen LogP contribution in [0.5, 0.6) is 0 Å². The van der Waals surface area contributed by atoms with Crippen LogP contribution >= 0.6 is 11.6 Å². The summed E-state index contributed by atoms with van der Waals surface area (Å²) in [6.07, 6.45) is -1.15. The maximum absolute atomic E-state index is 13.5. The van der Waals surface area contributed by atoms with Gasteiger partial charge in [0.15, 0.2) is 0 Å². The Hall–Kier alpha value is -3.34. The summed E-state index contributed by atoms with van der Waals surface area (Å²) < 4.78 is 42.1. The monoisotopic (exact) mass is 508 g/mol. The van der Waals surface area contributed by atoms with Crippen molar-refractivity contribution in [3.05, 3.63) is 52.9 Å². The van der Waals surface area contributed by atoms with E-state index in [-0.39, 0.29) is 36.1 Å². The van der Waals surface area contributed by atoms with Crippen LogP contribution in [-0.4, -0.2) is 56.7 Å². The standard InChI is InChI=1S/C23H24ClF3N6O2/c1-3-33-10-14(9-28-33)22(35)30-17-7-16(11-32(12-17)13(2)34)29-20-8-21(23(25,26)27)31-19-5-4-15(24)6-18(19)20/h4-6,8-10,16-17H,3,7,11-12H2,1-2H3,(H,29,31)(H,30,35)/t16-,17+/m1/s1. The van der Waals surface area contributed by atoms with Crippen molar-refractivity contribution in [1.29, 1.82) is 0 Å². The van der Waals surface area contributed by atoms with Gasteiger partial charge in [-0.25, -0.2) is 4.98 Å². The molecule has 8 nitrogen and oxygen atoms in total. The van der Waals surface area contributed by atoms with E-state index >= 15 is 0 Å². The Balaban J connectivity index is 1.60. The lowest BCUT2D eigenvalue weighted by Crippen LogP contribution is -2.55. The highest BCUT2D eigenvalue weighted by Crippen LogP contribution is 2.34. The fourth-order valence-electron chi connectivity index (χ4n) is 4.17. The molecule has 2 amide bonds. The molecular weight excluding hydrogens is 485 g/mol. The van der Waals surface area contributed by atoms with Gasteiger partial charge < -0.3 is 15.5 Å². The highest BCUT2D eigenvalue weighted by atomic mass is 35.5. The van der Waals surface area contributed by atoms with Gasteiger partial charge in [-0.2, -0.15) is 18.3 Å². The zero-order valence-electron chi connectivity index (χ0n) is 19.1. The highest BCUT2D eigenvalue weighted by molar-refractivity contribution is 6.31. The minimum atomic E-state index is -4.64. The van der Waals surface area contributed by atoms with Gasteiger partial charge in [0.2, 0.25) is 5.91 Å². The molecule has 0 saturated carbocycles. The summed E-state index contributed by atoms with van der Waals surface area (Å²) in [6.45, 7) is 4.48. The van der Waals surface area contributed by atoms with Gasteiger partial charge in [0.25, 0.3) is 5.91 Å². The van der Waals surface area contributed by atoms with E-state index in [0.29, 0.717) is 28.9 Å². The number of alkyl halides is 3. The van der Waals surface area contributed by atoms with Crippen LogP contribution in [0.2, 0.25) is 5.02 Å². The largest absolute Gasteiger partial charge is 0.433 e. The molecule has 2 atom stereocenters. The number of aromatic nitrogens is 3. The third-order valence-electron chi connectivity index (χ3n) is 5.87. The van der Waals surface area contributed by atoms with Gasteiger partial charge in [-0.05, 0) is 37.6 Å². The smallest absolute Gasteiger partial charge is 0.380 e. The molecule has 1 saturated heterocycles. The number of hydrogen-bond acceptors (Lipinski definition) is 5. The Kier molecular flexibility index (Phi) is 6.88. The summed E-state index contributed by atoms with van der Waals surface area (Å²) in [7, 11) is 0. The van der Waals surface area contributed by atoms with Crippen molar-refractivity contribution in [2.45, 2.75) is 45.1 Å². The van der Waals surface area contributed by atoms with Gasteiger partial charge in [-0.1, -0.05) is 11.6 Å². The first-order chi connectivity index (χ1) is 16.5. The Morgan fingerprint density at radius 3 is 2.60 bits per heavy atom. The molecule has 4 rings (SSSR count). The van der Waals surface area contributed by atoms with Crippen LogP contribution in [0.4, 0.5) is 18.9 Å². The molecular formula is C23H24ClF3N6O2. The Labute approximate surface area is 204 Å². The van der Waals surface area contributed by atoms with E-state index in [1.165, 1.54) is 25.3 Å². The predicted octanol–water partition coefficient (Wildman–Crippen LogP) is 3.95. The lowest BCUT2D eigenvalue weighted by Gasteiger charge is -2.38. The van der Waals surface area contributed by atoms with Crippen molar-refractivity contribution in [1.82, 2.24) is 25.0 Å². The van der Waals surface area contributed by atoms with Crippen molar-refractivity contribution < 1.29 is 22.8 Å². The number of aryl methyl sites for hydroxylation is 1. The molecule has 2 aromatic heterocycles. The highest BCUT2D eigenvalue weighted by Gasteiger charge is 2.35. The van der Waals surface area contributed by atoms with Gasteiger partial charge in [-0.15, -0.1) is 0 Å². The lowest BCUT2D eigenvalue weighted by atomic mass is 9.99. The molecule has 3 heterocycles. The topological polar surface area (TPSA) is 92.2 Å². The molecule has 1 aromatic carbocycles. The molecule has 0 unspecified atom stereocenters. The van der Waals surface area contributed by atoms with E-state index < -0.39 is 24.0 Å². The second-order valence-corrected chi connectivity index (χ2v) is 8.91. The number of fused-ring (bicyclic) bond motifs is 1. The van der Waals surface area contributed by atoms with Crippen LogP contribution in [0.1, 0.15) is 36.3 Å². The van der Waals surface area contributed by atoms with Gasteiger partial charge >= 0.3 is 6.18 Å². The first-order valence-electron chi connectivity index (χ1n) is 11.1. The number of hydrogen-bond donors (Lipinski definition) is 2. The third-order valence-corrected chi connectivity index (χ3v) is 6.11. The Morgan fingerprint density at radius 2 is 1.94 bits per heavy atom. The number of anilines is 1. The van der Waals surface area contributed by atoms with Crippen molar-refractivity contribution in [3.63, 3.8) is 0 Å². The molecule has 1 aliphatic rings. The van der Waals surface area contributed by atoms with Crippen molar-refractivity contribution in [2.75, 3.05) is 18.4 Å². The first kappa shape index (κ1) is 24.8. The quantitative estimate of drug-likeness (QED) is 0.544. The number of halogens is 4. The second kappa shape index (κ2) is 9.73. The molecule has 1 fully saturated rings. The molecule has 0 bridgehead atoms. The maximum atomic E-state index is 13.5. The number of carbonyl (C=O) groups excluding carboxylic acids is 2. The van der Waals surface area contributed by atoms with Crippen LogP contribution in [0.15, 0.2) is 36.7 Å². The number of carbonyl (C=O) groups is 2. The van der Waals surface area contributed by atoms with Gasteiger partial charge in [0.05, 0.1) is 17.3 Å². The van der Waals surface area contributed by atoms with Gasteiger partial charge in [-0.3, -0.25) is 14.3 Å². The number of nitrogens with zero attached hydrogens (tertiary/aromatic N) is 4. The fourth-order valence-corrected chi connectivity index (χ4v) is 4.34. The van der Waals surface area contributed by atoms with Crippen LogP contribution in [-0.2, 0) is 17.5 Å². The number of likely N-dealkylation sites (tertiary alicyclic amines) is 1. The van der Waals surface area contributed by atoms with E-state index in [9.17, 15) is 22.8 Å². The van der Waals surface area contributed by atoms with E-state index in [1.54, 1.807) is 21.8 Å². The van der Waals surface area contributed by atoms with Crippen LogP contribution in [0, 0.1) is 0 Å². The minimum absolute atomic E-state index is 0.142.